The molecule has 0 aromatic carbocycles. The Morgan fingerprint density at radius 1 is 1.24 bits per heavy atom. The van der Waals surface area contributed by atoms with Gasteiger partial charge >= 0.3 is 0 Å². The Balaban J connectivity index is 2.10. The van der Waals surface area contributed by atoms with Crippen LogP contribution in [0.3, 0.4) is 0 Å². The van der Waals surface area contributed by atoms with E-state index < -0.39 is 6.10 Å². The number of carbonyl (C=O) groups excluding carboxylic acids is 2. The molecule has 4 heteroatoms. The van der Waals surface area contributed by atoms with Gasteiger partial charge in [-0.1, -0.05) is 26.0 Å². The maximum absolute atomic E-state index is 12.1. The minimum absolute atomic E-state index is 0.0522. The Labute approximate surface area is 101 Å². The molecule has 0 spiro atoms. The van der Waals surface area contributed by atoms with Gasteiger partial charge in [-0.25, -0.2) is 0 Å². The number of aliphatic hydroxyl groups excluding tert-OH is 1. The molecule has 0 saturated carbocycles. The van der Waals surface area contributed by atoms with Crippen molar-refractivity contribution < 1.29 is 14.7 Å². The van der Waals surface area contributed by atoms with E-state index in [1.54, 1.807) is 0 Å². The highest BCUT2D eigenvalue weighted by atomic mass is 16.3. The molecule has 94 valence electrons. The van der Waals surface area contributed by atoms with E-state index in [-0.39, 0.29) is 36.1 Å². The average Bonchev–Trinajstić information content (AvgIpc) is 2.55. The van der Waals surface area contributed by atoms with Gasteiger partial charge in [0.15, 0.2) is 0 Å². The monoisotopic (exact) mass is 237 g/mol. The first-order chi connectivity index (χ1) is 8.02. The van der Waals surface area contributed by atoms with E-state index >= 15 is 0 Å². The van der Waals surface area contributed by atoms with Crippen LogP contribution < -0.4 is 0 Å². The normalized spacial score (nSPS) is 30.0. The van der Waals surface area contributed by atoms with Gasteiger partial charge in [0, 0.05) is 0 Å². The SMILES string of the molecule is CC(C)C(O)CN1C(=O)[C@H]2CC=CC[C@H]2C1=O. The van der Waals surface area contributed by atoms with Gasteiger partial charge in [-0.05, 0) is 18.8 Å². The molecular weight excluding hydrogens is 218 g/mol. The number of imide groups is 1. The molecule has 1 fully saturated rings. The fourth-order valence-corrected chi connectivity index (χ4v) is 2.45. The second kappa shape index (κ2) is 4.61. The second-order valence-corrected chi connectivity index (χ2v) is 5.25. The molecule has 1 saturated heterocycles. The first-order valence-electron chi connectivity index (χ1n) is 6.20. The Bertz CT molecular complexity index is 336. The first-order valence-corrected chi connectivity index (χ1v) is 6.20. The number of β-amino-alcohol motifs (C(OH)–C–C–N with tert-alkyl or cyclic N) is 1. The molecule has 0 aromatic heterocycles. The number of hydrogen-bond acceptors (Lipinski definition) is 3. The molecule has 0 aromatic rings. The number of hydrogen-bond donors (Lipinski definition) is 1. The lowest BCUT2D eigenvalue weighted by atomic mass is 9.85. The van der Waals surface area contributed by atoms with Crippen LogP contribution in [-0.4, -0.2) is 34.5 Å². The summed E-state index contributed by atoms with van der Waals surface area (Å²) >= 11 is 0. The molecule has 2 rings (SSSR count). The number of allylic oxidation sites excluding steroid dienone is 2. The predicted molar refractivity (Wildman–Crippen MR) is 62.9 cm³/mol. The molecule has 4 nitrogen and oxygen atoms in total. The van der Waals surface area contributed by atoms with Crippen molar-refractivity contribution in [3.63, 3.8) is 0 Å². The van der Waals surface area contributed by atoms with Crippen LogP contribution in [-0.2, 0) is 9.59 Å². The highest BCUT2D eigenvalue weighted by molar-refractivity contribution is 6.05. The van der Waals surface area contributed by atoms with Crippen molar-refractivity contribution in [2.75, 3.05) is 6.54 Å². The van der Waals surface area contributed by atoms with Crippen LogP contribution in [0.1, 0.15) is 26.7 Å². The number of nitrogens with zero attached hydrogens (tertiary/aromatic N) is 1. The third kappa shape index (κ3) is 2.14. The number of rotatable bonds is 3. The lowest BCUT2D eigenvalue weighted by Crippen LogP contribution is -2.39. The second-order valence-electron chi connectivity index (χ2n) is 5.25. The fraction of sp³-hybridized carbons (Fsp3) is 0.692. The maximum atomic E-state index is 12.1. The van der Waals surface area contributed by atoms with Crippen LogP contribution in [0.2, 0.25) is 0 Å². The highest BCUT2D eigenvalue weighted by Crippen LogP contribution is 2.35. The average molecular weight is 237 g/mol. The Kier molecular flexibility index (Phi) is 3.33. The van der Waals surface area contributed by atoms with Crippen molar-refractivity contribution >= 4 is 11.8 Å². The summed E-state index contributed by atoms with van der Waals surface area (Å²) in [6, 6.07) is 0. The maximum Gasteiger partial charge on any atom is 0.233 e. The predicted octanol–water partition coefficient (Wildman–Crippen LogP) is 0.954. The van der Waals surface area contributed by atoms with E-state index in [2.05, 4.69) is 0 Å². The van der Waals surface area contributed by atoms with Gasteiger partial charge in [0.05, 0.1) is 24.5 Å². The van der Waals surface area contributed by atoms with Crippen LogP contribution in [0.5, 0.6) is 0 Å². The molecule has 1 unspecified atom stereocenters. The van der Waals surface area contributed by atoms with E-state index in [1.807, 2.05) is 26.0 Å². The minimum atomic E-state index is -0.629. The highest BCUT2D eigenvalue weighted by Gasteiger charge is 2.47. The van der Waals surface area contributed by atoms with Gasteiger partial charge in [0.25, 0.3) is 0 Å². The van der Waals surface area contributed by atoms with Crippen LogP contribution in [0.15, 0.2) is 12.2 Å². The standard InChI is InChI=1S/C13H19NO3/c1-8(2)11(15)7-14-12(16)9-5-3-4-6-10(9)13(14)17/h3-4,8-11,15H,5-7H2,1-2H3/t9-,10+,11?. The summed E-state index contributed by atoms with van der Waals surface area (Å²) in [5.74, 6) is -0.539. The van der Waals surface area contributed by atoms with Crippen molar-refractivity contribution in [3.05, 3.63) is 12.2 Å². The Morgan fingerprint density at radius 2 is 1.71 bits per heavy atom. The molecule has 1 N–H and O–H groups in total. The fourth-order valence-electron chi connectivity index (χ4n) is 2.45. The van der Waals surface area contributed by atoms with Crippen LogP contribution in [0.4, 0.5) is 0 Å². The minimum Gasteiger partial charge on any atom is -0.391 e. The van der Waals surface area contributed by atoms with Crippen LogP contribution in [0.25, 0.3) is 0 Å². The summed E-state index contributed by atoms with van der Waals surface area (Å²) in [7, 11) is 0. The molecule has 1 aliphatic carbocycles. The number of amides is 2. The van der Waals surface area contributed by atoms with Crippen molar-refractivity contribution in [2.45, 2.75) is 32.8 Å². The van der Waals surface area contributed by atoms with Crippen molar-refractivity contribution in [1.82, 2.24) is 4.90 Å². The summed E-state index contributed by atoms with van der Waals surface area (Å²) in [6.45, 7) is 3.90. The Hall–Kier alpha value is -1.16. The largest absolute Gasteiger partial charge is 0.391 e. The molecule has 2 amide bonds. The first kappa shape index (κ1) is 12.3. The molecule has 0 radical (unpaired) electrons. The number of aliphatic hydroxyl groups is 1. The summed E-state index contributed by atoms with van der Waals surface area (Å²) in [5.41, 5.74) is 0. The van der Waals surface area contributed by atoms with Crippen LogP contribution in [0, 0.1) is 17.8 Å². The van der Waals surface area contributed by atoms with Crippen molar-refractivity contribution in [1.29, 1.82) is 0 Å². The van der Waals surface area contributed by atoms with E-state index in [4.69, 9.17) is 0 Å². The Morgan fingerprint density at radius 3 is 2.12 bits per heavy atom. The van der Waals surface area contributed by atoms with Gasteiger partial charge in [-0.2, -0.15) is 0 Å². The zero-order chi connectivity index (χ0) is 12.6. The quantitative estimate of drug-likeness (QED) is 0.587. The lowest BCUT2D eigenvalue weighted by Gasteiger charge is -2.21. The van der Waals surface area contributed by atoms with Gasteiger partial charge < -0.3 is 5.11 Å². The van der Waals surface area contributed by atoms with E-state index in [0.29, 0.717) is 12.8 Å². The van der Waals surface area contributed by atoms with Crippen molar-refractivity contribution in [3.8, 4) is 0 Å². The third-order valence-electron chi connectivity index (χ3n) is 3.74. The van der Waals surface area contributed by atoms with Gasteiger partial charge in [0.1, 0.15) is 0 Å². The number of carbonyl (C=O) groups is 2. The number of fused-ring (bicyclic) bond motifs is 1. The topological polar surface area (TPSA) is 57.6 Å². The smallest absolute Gasteiger partial charge is 0.233 e. The van der Waals surface area contributed by atoms with E-state index in [0.717, 1.165) is 0 Å². The van der Waals surface area contributed by atoms with Gasteiger partial charge in [-0.15, -0.1) is 0 Å². The van der Waals surface area contributed by atoms with E-state index in [9.17, 15) is 14.7 Å². The molecule has 17 heavy (non-hydrogen) atoms. The molecule has 2 aliphatic rings. The van der Waals surface area contributed by atoms with Crippen LogP contribution >= 0.6 is 0 Å². The molecule has 1 aliphatic heterocycles. The summed E-state index contributed by atoms with van der Waals surface area (Å²) in [4.78, 5) is 25.4. The molecule has 3 atom stereocenters. The molecular formula is C13H19NO3. The lowest BCUT2D eigenvalue weighted by molar-refractivity contribution is -0.141. The van der Waals surface area contributed by atoms with Crippen molar-refractivity contribution in [2.24, 2.45) is 17.8 Å². The van der Waals surface area contributed by atoms with Gasteiger partial charge in [-0.3, -0.25) is 14.5 Å². The van der Waals surface area contributed by atoms with Gasteiger partial charge in [0.2, 0.25) is 11.8 Å². The zero-order valence-electron chi connectivity index (χ0n) is 10.3. The number of likely N-dealkylation sites (tertiary alicyclic amines) is 1. The zero-order valence-corrected chi connectivity index (χ0v) is 10.3. The summed E-state index contributed by atoms with van der Waals surface area (Å²) in [5, 5.41) is 9.79. The third-order valence-corrected chi connectivity index (χ3v) is 3.74. The molecule has 1 heterocycles. The summed E-state index contributed by atoms with van der Waals surface area (Å²) < 4.78 is 0. The summed E-state index contributed by atoms with van der Waals surface area (Å²) in [6.07, 6.45) is 4.62. The van der Waals surface area contributed by atoms with E-state index in [1.165, 1.54) is 4.90 Å². The molecule has 0 bridgehead atoms.